The molecule has 0 amide bonds. The topological polar surface area (TPSA) is 0 Å². The first-order valence-corrected chi connectivity index (χ1v) is 7.53. The molecule has 0 atom stereocenters. The van der Waals surface area contributed by atoms with Gasteiger partial charge in [0.15, 0.2) is 0 Å². The van der Waals surface area contributed by atoms with Gasteiger partial charge >= 0.3 is 20.4 Å². The van der Waals surface area contributed by atoms with Crippen molar-refractivity contribution in [1.29, 1.82) is 0 Å². The van der Waals surface area contributed by atoms with Crippen LogP contribution in [0.2, 0.25) is 0 Å². The van der Waals surface area contributed by atoms with E-state index >= 15 is 0 Å². The summed E-state index contributed by atoms with van der Waals surface area (Å²) in [4.78, 5) is 0. The van der Waals surface area contributed by atoms with Crippen LogP contribution in [0.15, 0.2) is 60.7 Å². The van der Waals surface area contributed by atoms with Crippen molar-refractivity contribution in [3.8, 4) is 0 Å². The van der Waals surface area contributed by atoms with Gasteiger partial charge in [-0.3, -0.25) is 0 Å². The van der Waals surface area contributed by atoms with Crippen LogP contribution >= 0.6 is 12.4 Å². The van der Waals surface area contributed by atoms with Gasteiger partial charge in [-0.25, -0.2) is 0 Å². The summed E-state index contributed by atoms with van der Waals surface area (Å²) in [5.41, 5.74) is 3.00. The van der Waals surface area contributed by atoms with E-state index in [0.717, 1.165) is 0 Å². The molecule has 16 heavy (non-hydrogen) atoms. The summed E-state index contributed by atoms with van der Waals surface area (Å²) in [5.74, 6) is 0. The smallest absolute Gasteiger partial charge is 0.147 e. The quantitative estimate of drug-likeness (QED) is 0.720. The van der Waals surface area contributed by atoms with Gasteiger partial charge in [-0.2, -0.15) is 0 Å². The van der Waals surface area contributed by atoms with Crippen LogP contribution in [-0.2, 0) is 9.10 Å². The minimum Gasteiger partial charge on any atom is -0.147 e. The fraction of sp³-hybridized carbons (Fsp3) is 0.143. The Kier molecular flexibility index (Phi) is 6.54. The second kappa shape index (κ2) is 7.72. The first-order chi connectivity index (χ1) is 7.45. The lowest BCUT2D eigenvalue weighted by Crippen LogP contribution is -2.01. The van der Waals surface area contributed by atoms with Gasteiger partial charge < -0.3 is 0 Å². The van der Waals surface area contributed by atoms with E-state index in [1.807, 2.05) is 0 Å². The highest BCUT2D eigenvalue weighted by Crippen LogP contribution is 2.02. The summed E-state index contributed by atoms with van der Waals surface area (Å²) in [7, 11) is 0. The second-order valence-electron chi connectivity index (χ2n) is 3.82. The van der Waals surface area contributed by atoms with Crippen molar-refractivity contribution < 1.29 is 0 Å². The molecule has 0 aliphatic heterocycles. The molecule has 0 aromatic heterocycles. The Morgan fingerprint density at radius 2 is 1.00 bits per heavy atom. The number of benzene rings is 2. The van der Waals surface area contributed by atoms with Gasteiger partial charge in [-0.15, -0.1) is 21.5 Å². The van der Waals surface area contributed by atoms with Crippen LogP contribution in [-0.4, -0.2) is 20.4 Å². The Hall–Kier alpha value is -0.504. The minimum atomic E-state index is 0. The van der Waals surface area contributed by atoms with E-state index in [1.54, 1.807) is 0 Å². The molecule has 0 fully saturated rings. The predicted octanol–water partition coefficient (Wildman–Crippen LogP) is 3.51. The normalized spacial score (nSPS) is 9.00. The number of halogens is 1. The Bertz CT molecular complexity index is 346. The molecule has 0 spiro atoms. The Morgan fingerprint density at radius 1 is 0.625 bits per heavy atom. The molecule has 0 aliphatic carbocycles. The van der Waals surface area contributed by atoms with Gasteiger partial charge in [0.1, 0.15) is 0 Å². The molecule has 0 bridgehead atoms. The van der Waals surface area contributed by atoms with Crippen molar-refractivity contribution in [2.45, 2.75) is 9.10 Å². The van der Waals surface area contributed by atoms with Crippen molar-refractivity contribution in [2.75, 3.05) is 0 Å². The third-order valence-electron chi connectivity index (χ3n) is 2.62. The zero-order valence-electron chi connectivity index (χ0n) is 9.30. The molecule has 0 N–H and O–H groups in total. The van der Waals surface area contributed by atoms with Crippen molar-refractivity contribution in [3.05, 3.63) is 71.8 Å². The van der Waals surface area contributed by atoms with Crippen LogP contribution in [0.3, 0.4) is 0 Å². The fourth-order valence-corrected chi connectivity index (χ4v) is 3.45. The zero-order valence-corrected chi connectivity index (χ0v) is 11.5. The van der Waals surface area contributed by atoms with Crippen molar-refractivity contribution in [3.63, 3.8) is 0 Å². The van der Waals surface area contributed by atoms with Crippen LogP contribution in [0.1, 0.15) is 11.1 Å². The van der Waals surface area contributed by atoms with Crippen LogP contribution in [0.4, 0.5) is 0 Å². The van der Waals surface area contributed by atoms with Crippen molar-refractivity contribution in [2.24, 2.45) is 0 Å². The largest absolute Gasteiger partial charge is 0.377 e. The van der Waals surface area contributed by atoms with E-state index in [-0.39, 0.29) is 32.8 Å². The monoisotopic (exact) mass is 242 g/mol. The lowest BCUT2D eigenvalue weighted by Gasteiger charge is -1.99. The average molecular weight is 243 g/mol. The van der Waals surface area contributed by atoms with Crippen LogP contribution in [0.5, 0.6) is 0 Å². The molecular formula is C14H15ClMg. The fourth-order valence-electron chi connectivity index (χ4n) is 1.79. The van der Waals surface area contributed by atoms with E-state index in [4.69, 9.17) is 0 Å². The number of hydrogen-bond acceptors (Lipinski definition) is 0. The molecule has 0 saturated carbocycles. The zero-order chi connectivity index (χ0) is 10.3. The predicted molar refractivity (Wildman–Crippen MR) is 73.3 cm³/mol. The molecule has 0 nitrogen and oxygen atoms in total. The maximum Gasteiger partial charge on any atom is 0.377 e. The molecule has 0 saturated heterocycles. The lowest BCUT2D eigenvalue weighted by molar-refractivity contribution is 1.30. The maximum atomic E-state index is 2.23. The average Bonchev–Trinajstić information content (AvgIpc) is 2.32. The summed E-state index contributed by atoms with van der Waals surface area (Å²) in [6, 6.07) is 21.6. The Morgan fingerprint density at radius 3 is 1.38 bits per heavy atom. The number of rotatable bonds is 4. The standard InChI is InChI=1S/2C7H7.ClH.Mg/c2*1-7-5-3-2-4-6-7;;/h2*2-6H,1H2;1H;. The molecule has 2 aromatic rings. The molecule has 2 rings (SSSR count). The van der Waals surface area contributed by atoms with E-state index < -0.39 is 0 Å². The van der Waals surface area contributed by atoms with Crippen LogP contribution in [0.25, 0.3) is 0 Å². The second-order valence-corrected chi connectivity index (χ2v) is 5.53. The Balaban J connectivity index is 0.00000128. The Labute approximate surface area is 113 Å². The van der Waals surface area contributed by atoms with Gasteiger partial charge in [0.05, 0.1) is 0 Å². The van der Waals surface area contributed by atoms with E-state index in [9.17, 15) is 0 Å². The summed E-state index contributed by atoms with van der Waals surface area (Å²) >= 11 is 0.0148. The molecular weight excluding hydrogens is 228 g/mol. The van der Waals surface area contributed by atoms with Crippen LogP contribution in [0, 0.1) is 0 Å². The minimum absolute atomic E-state index is 0. The molecule has 2 aromatic carbocycles. The van der Waals surface area contributed by atoms with Gasteiger partial charge in [-0.05, 0) is 0 Å². The molecule has 0 radical (unpaired) electrons. The number of hydrogen-bond donors (Lipinski definition) is 0. The van der Waals surface area contributed by atoms with Crippen molar-refractivity contribution in [1.82, 2.24) is 0 Å². The van der Waals surface area contributed by atoms with E-state index in [2.05, 4.69) is 60.7 Å². The third-order valence-corrected chi connectivity index (χ3v) is 4.48. The lowest BCUT2D eigenvalue weighted by atomic mass is 10.2. The maximum absolute atomic E-state index is 2.23. The molecule has 2 heteroatoms. The molecule has 0 heterocycles. The van der Waals surface area contributed by atoms with Gasteiger partial charge in [0.2, 0.25) is 0 Å². The molecule has 0 aliphatic rings. The van der Waals surface area contributed by atoms with Gasteiger partial charge in [0.25, 0.3) is 0 Å². The SMILES string of the molecule is Cl.c1ccc([CH2][Mg][CH2]c2ccccc2)cc1. The summed E-state index contributed by atoms with van der Waals surface area (Å²) in [6.45, 7) is 0. The highest BCUT2D eigenvalue weighted by molar-refractivity contribution is 6.34. The summed E-state index contributed by atoms with van der Waals surface area (Å²) in [5, 5.41) is 0. The first-order valence-electron chi connectivity index (χ1n) is 5.53. The van der Waals surface area contributed by atoms with Gasteiger partial charge in [-0.1, -0.05) is 71.8 Å². The van der Waals surface area contributed by atoms with E-state index in [1.165, 1.54) is 20.2 Å². The van der Waals surface area contributed by atoms with Crippen molar-refractivity contribution >= 4 is 32.8 Å². The van der Waals surface area contributed by atoms with Crippen LogP contribution < -0.4 is 0 Å². The summed E-state index contributed by atoms with van der Waals surface area (Å²) < 4.78 is 2.63. The highest BCUT2D eigenvalue weighted by Gasteiger charge is 1.98. The highest BCUT2D eigenvalue weighted by atomic mass is 35.5. The molecule has 0 unspecified atom stereocenters. The van der Waals surface area contributed by atoms with Gasteiger partial charge in [0, 0.05) is 0 Å². The van der Waals surface area contributed by atoms with E-state index in [0.29, 0.717) is 0 Å². The summed E-state index contributed by atoms with van der Waals surface area (Å²) in [6.07, 6.45) is 0. The third kappa shape index (κ3) is 4.56. The molecule has 80 valence electrons. The first kappa shape index (κ1) is 13.6.